The van der Waals surface area contributed by atoms with Crippen LogP contribution in [0.4, 0.5) is 5.69 Å². The van der Waals surface area contributed by atoms with E-state index in [0.717, 1.165) is 10.7 Å². The second kappa shape index (κ2) is 5.64. The van der Waals surface area contributed by atoms with Crippen LogP contribution in [-0.2, 0) is 0 Å². The molecule has 6 heteroatoms. The van der Waals surface area contributed by atoms with Gasteiger partial charge in [0.25, 0.3) is 0 Å². The van der Waals surface area contributed by atoms with Gasteiger partial charge in [0.05, 0.1) is 11.3 Å². The van der Waals surface area contributed by atoms with Gasteiger partial charge in [-0.2, -0.15) is 5.10 Å². The van der Waals surface area contributed by atoms with Gasteiger partial charge in [-0.25, -0.2) is 4.98 Å². The minimum absolute atomic E-state index is 0.0756. The molecule has 0 aliphatic carbocycles. The van der Waals surface area contributed by atoms with Gasteiger partial charge in [-0.3, -0.25) is 10.2 Å². The predicted molar refractivity (Wildman–Crippen MR) is 81.8 cm³/mol. The number of aromatic nitrogens is 1. The SMILES string of the molecule is O=C1/C(=N\Nc2ccc(Cl)cc2)CSc2ncccc21. The number of nitrogens with one attached hydrogen (secondary N) is 1. The van der Waals surface area contributed by atoms with Gasteiger partial charge >= 0.3 is 0 Å². The Balaban J connectivity index is 1.80. The molecular formula is C14H10ClN3OS. The summed E-state index contributed by atoms with van der Waals surface area (Å²) in [7, 11) is 0. The highest BCUT2D eigenvalue weighted by molar-refractivity contribution is 8.00. The summed E-state index contributed by atoms with van der Waals surface area (Å²) in [6, 6.07) is 10.7. The van der Waals surface area contributed by atoms with Crippen molar-refractivity contribution in [2.24, 2.45) is 5.10 Å². The Morgan fingerprint density at radius 2 is 2.05 bits per heavy atom. The van der Waals surface area contributed by atoms with Crippen molar-refractivity contribution in [1.29, 1.82) is 0 Å². The number of hydrogen-bond acceptors (Lipinski definition) is 5. The molecule has 0 saturated heterocycles. The molecule has 1 aromatic heterocycles. The molecule has 0 atom stereocenters. The van der Waals surface area contributed by atoms with Crippen molar-refractivity contribution in [3.63, 3.8) is 0 Å². The summed E-state index contributed by atoms with van der Waals surface area (Å²) in [4.78, 5) is 16.4. The number of hydrogen-bond donors (Lipinski definition) is 1. The standard InChI is InChI=1S/C14H10ClN3OS/c15-9-3-5-10(6-4-9)17-18-12-8-20-14-11(13(12)19)2-1-7-16-14/h1-7,17H,8H2/b18-12-. The van der Waals surface area contributed by atoms with E-state index in [9.17, 15) is 4.79 Å². The largest absolute Gasteiger partial charge is 0.287 e. The Hall–Kier alpha value is -1.85. The summed E-state index contributed by atoms with van der Waals surface area (Å²) in [6.45, 7) is 0. The van der Waals surface area contributed by atoms with Crippen LogP contribution >= 0.6 is 23.4 Å². The first kappa shape index (κ1) is 13.1. The fraction of sp³-hybridized carbons (Fsp3) is 0.0714. The zero-order chi connectivity index (χ0) is 13.9. The van der Waals surface area contributed by atoms with E-state index in [2.05, 4.69) is 15.5 Å². The van der Waals surface area contributed by atoms with Crippen molar-refractivity contribution < 1.29 is 4.79 Å². The number of pyridine rings is 1. The van der Waals surface area contributed by atoms with Crippen LogP contribution in [0.15, 0.2) is 52.7 Å². The van der Waals surface area contributed by atoms with Crippen LogP contribution in [0, 0.1) is 0 Å². The van der Waals surface area contributed by atoms with Crippen molar-refractivity contribution in [3.05, 3.63) is 53.2 Å². The van der Waals surface area contributed by atoms with Crippen molar-refractivity contribution in [2.45, 2.75) is 5.03 Å². The maximum atomic E-state index is 12.2. The van der Waals surface area contributed by atoms with Crippen molar-refractivity contribution in [3.8, 4) is 0 Å². The van der Waals surface area contributed by atoms with E-state index in [4.69, 9.17) is 11.6 Å². The van der Waals surface area contributed by atoms with Gasteiger partial charge in [0.2, 0.25) is 5.78 Å². The first-order valence-electron chi connectivity index (χ1n) is 5.95. The molecule has 1 aliphatic heterocycles. The van der Waals surface area contributed by atoms with Crippen LogP contribution in [0.2, 0.25) is 5.02 Å². The quantitative estimate of drug-likeness (QED) is 0.863. The summed E-state index contributed by atoms with van der Waals surface area (Å²) in [5.41, 5.74) is 4.77. The number of halogens is 1. The Bertz CT molecular complexity index is 685. The molecule has 0 bridgehead atoms. The third kappa shape index (κ3) is 2.69. The summed E-state index contributed by atoms with van der Waals surface area (Å²) in [5.74, 6) is 0.442. The minimum atomic E-state index is -0.0756. The third-order valence-corrected chi connectivity index (χ3v) is 4.06. The second-order valence-electron chi connectivity index (χ2n) is 4.15. The topological polar surface area (TPSA) is 54.4 Å². The molecule has 100 valence electrons. The molecule has 2 aromatic rings. The number of hydrazone groups is 1. The Morgan fingerprint density at radius 3 is 2.85 bits per heavy atom. The maximum absolute atomic E-state index is 12.2. The van der Waals surface area contributed by atoms with Crippen LogP contribution in [0.5, 0.6) is 0 Å². The van der Waals surface area contributed by atoms with Crippen LogP contribution in [0.3, 0.4) is 0 Å². The molecule has 0 fully saturated rings. The van der Waals surface area contributed by atoms with E-state index in [1.165, 1.54) is 11.8 Å². The molecule has 0 unspecified atom stereocenters. The molecule has 0 spiro atoms. The van der Waals surface area contributed by atoms with Gasteiger partial charge in [0.1, 0.15) is 10.7 Å². The van der Waals surface area contributed by atoms with Gasteiger partial charge in [-0.1, -0.05) is 23.4 Å². The maximum Gasteiger partial charge on any atom is 0.212 e. The first-order chi connectivity index (χ1) is 9.74. The van der Waals surface area contributed by atoms with E-state index < -0.39 is 0 Å². The fourth-order valence-electron chi connectivity index (χ4n) is 1.78. The molecule has 1 aliphatic rings. The molecule has 0 saturated carbocycles. The number of benzene rings is 1. The number of carbonyl (C=O) groups is 1. The van der Waals surface area contributed by atoms with Gasteiger partial charge in [-0.15, -0.1) is 0 Å². The zero-order valence-electron chi connectivity index (χ0n) is 10.3. The van der Waals surface area contributed by atoms with Gasteiger partial charge in [-0.05, 0) is 36.4 Å². The lowest BCUT2D eigenvalue weighted by Gasteiger charge is -2.14. The zero-order valence-corrected chi connectivity index (χ0v) is 11.9. The molecule has 3 rings (SSSR count). The predicted octanol–water partition coefficient (Wildman–Crippen LogP) is 3.49. The first-order valence-corrected chi connectivity index (χ1v) is 7.31. The molecule has 4 nitrogen and oxygen atoms in total. The average Bonchev–Trinajstić information content (AvgIpc) is 2.49. The van der Waals surface area contributed by atoms with Gasteiger partial charge in [0.15, 0.2) is 0 Å². The normalized spacial score (nSPS) is 16.1. The Morgan fingerprint density at radius 1 is 1.25 bits per heavy atom. The Labute approximate surface area is 125 Å². The van der Waals surface area contributed by atoms with Gasteiger partial charge in [0, 0.05) is 17.0 Å². The third-order valence-electron chi connectivity index (χ3n) is 2.79. The lowest BCUT2D eigenvalue weighted by Crippen LogP contribution is -2.23. The van der Waals surface area contributed by atoms with Crippen LogP contribution in [0.1, 0.15) is 10.4 Å². The van der Waals surface area contributed by atoms with E-state index >= 15 is 0 Å². The van der Waals surface area contributed by atoms with Crippen LogP contribution in [-0.4, -0.2) is 22.2 Å². The molecular weight excluding hydrogens is 294 g/mol. The molecule has 2 heterocycles. The minimum Gasteiger partial charge on any atom is -0.287 e. The molecule has 1 N–H and O–H groups in total. The molecule has 0 radical (unpaired) electrons. The number of thioether (sulfide) groups is 1. The fourth-order valence-corrected chi connectivity index (χ4v) is 2.82. The number of carbonyl (C=O) groups excluding carboxylic acids is 1. The summed E-state index contributed by atoms with van der Waals surface area (Å²) in [5, 5.41) is 5.61. The Kier molecular flexibility index (Phi) is 3.71. The summed E-state index contributed by atoms with van der Waals surface area (Å²) >= 11 is 7.33. The van der Waals surface area contributed by atoms with E-state index in [1.54, 1.807) is 30.5 Å². The van der Waals surface area contributed by atoms with Crippen LogP contribution < -0.4 is 5.43 Å². The molecule has 20 heavy (non-hydrogen) atoms. The highest BCUT2D eigenvalue weighted by Gasteiger charge is 2.24. The van der Waals surface area contributed by atoms with E-state index in [1.807, 2.05) is 12.1 Å². The van der Waals surface area contributed by atoms with E-state index in [0.29, 0.717) is 22.1 Å². The molecule has 1 aromatic carbocycles. The van der Waals surface area contributed by atoms with Crippen molar-refractivity contribution in [1.82, 2.24) is 4.98 Å². The van der Waals surface area contributed by atoms with Crippen molar-refractivity contribution >= 4 is 40.5 Å². The highest BCUT2D eigenvalue weighted by Crippen LogP contribution is 2.26. The number of fused-ring (bicyclic) bond motifs is 1. The smallest absolute Gasteiger partial charge is 0.212 e. The van der Waals surface area contributed by atoms with Crippen molar-refractivity contribution in [2.75, 3.05) is 11.2 Å². The summed E-state index contributed by atoms with van der Waals surface area (Å²) < 4.78 is 0. The number of anilines is 1. The number of rotatable bonds is 2. The van der Waals surface area contributed by atoms with E-state index in [-0.39, 0.29) is 5.78 Å². The number of nitrogens with zero attached hydrogens (tertiary/aromatic N) is 2. The molecule has 0 amide bonds. The average molecular weight is 304 g/mol. The lowest BCUT2D eigenvalue weighted by molar-refractivity contribution is 0.106. The number of ketones is 1. The van der Waals surface area contributed by atoms with Gasteiger partial charge < -0.3 is 0 Å². The summed E-state index contributed by atoms with van der Waals surface area (Å²) in [6.07, 6.45) is 1.69. The monoisotopic (exact) mass is 303 g/mol. The number of Topliss-reactive ketones (excluding diaryl/α,β-unsaturated/α-hetero) is 1. The van der Waals surface area contributed by atoms with Crippen LogP contribution in [0.25, 0.3) is 0 Å². The highest BCUT2D eigenvalue weighted by atomic mass is 35.5. The second-order valence-corrected chi connectivity index (χ2v) is 5.55. The lowest BCUT2D eigenvalue weighted by atomic mass is 10.1.